The molecule has 7 nitrogen and oxygen atoms in total. The summed E-state index contributed by atoms with van der Waals surface area (Å²) in [5.74, 6) is 1.00. The zero-order valence-corrected chi connectivity index (χ0v) is 17.1. The van der Waals surface area contributed by atoms with Gasteiger partial charge in [0.25, 0.3) is 5.56 Å². The minimum absolute atomic E-state index is 0.119. The number of H-pyrrole nitrogens is 2. The van der Waals surface area contributed by atoms with E-state index in [9.17, 15) is 9.59 Å². The Morgan fingerprint density at radius 3 is 2.75 bits per heavy atom. The number of thioether (sulfide) groups is 1. The largest absolute Gasteiger partial charge is 0.343 e. The van der Waals surface area contributed by atoms with E-state index in [1.54, 1.807) is 4.57 Å². The minimum Gasteiger partial charge on any atom is -0.309 e. The quantitative estimate of drug-likeness (QED) is 0.474. The van der Waals surface area contributed by atoms with Gasteiger partial charge in [-0.25, -0.2) is 14.9 Å². The molecule has 4 aromatic rings. The lowest BCUT2D eigenvalue weighted by molar-refractivity contribution is 0.615. The number of thiophene rings is 1. The summed E-state index contributed by atoms with van der Waals surface area (Å²) < 4.78 is 1.62. The van der Waals surface area contributed by atoms with Crippen LogP contribution in [0.2, 0.25) is 0 Å². The Hall–Kier alpha value is -2.65. The molecular formula is C19H19N5O2S2. The zero-order chi connectivity index (χ0) is 19.7. The molecule has 1 aromatic carbocycles. The van der Waals surface area contributed by atoms with Crippen molar-refractivity contribution in [3.63, 3.8) is 0 Å². The number of benzene rings is 1. The normalized spacial score (nSPS) is 11.4. The fourth-order valence-electron chi connectivity index (χ4n) is 3.00. The topological polar surface area (TPSA) is 96.4 Å². The summed E-state index contributed by atoms with van der Waals surface area (Å²) in [6, 6.07) is 10.0. The molecule has 0 spiro atoms. The number of aromatic amines is 2. The third-order valence-corrected chi connectivity index (χ3v) is 6.71. The molecule has 144 valence electrons. The molecule has 3 heterocycles. The standard InChI is InChI=1S/C19H19N5O2S2/c1-11-12(2)28-17-15(11)16(25)20-14(21-17)10-27-19-23-22-18(26)24(19)9-8-13-6-4-3-5-7-13/h3-7H,8-10H2,1-2H3,(H,22,26)(H,20,21,25). The third kappa shape index (κ3) is 3.67. The van der Waals surface area contributed by atoms with Crippen LogP contribution in [0.5, 0.6) is 0 Å². The molecule has 0 saturated heterocycles. The van der Waals surface area contributed by atoms with Gasteiger partial charge in [-0.2, -0.15) is 0 Å². The first-order valence-corrected chi connectivity index (χ1v) is 10.6. The number of aryl methyl sites for hydroxylation is 3. The fraction of sp³-hybridized carbons (Fsp3) is 0.263. The highest BCUT2D eigenvalue weighted by Crippen LogP contribution is 2.26. The highest BCUT2D eigenvalue weighted by Gasteiger charge is 2.14. The average Bonchev–Trinajstić information content (AvgIpc) is 3.18. The summed E-state index contributed by atoms with van der Waals surface area (Å²) in [6.45, 7) is 4.47. The number of hydrogen-bond donors (Lipinski definition) is 2. The zero-order valence-electron chi connectivity index (χ0n) is 15.5. The van der Waals surface area contributed by atoms with Gasteiger partial charge in [-0.15, -0.1) is 16.4 Å². The maximum absolute atomic E-state index is 12.4. The first-order valence-electron chi connectivity index (χ1n) is 8.83. The van der Waals surface area contributed by atoms with Gasteiger partial charge >= 0.3 is 5.69 Å². The fourth-order valence-corrected chi connectivity index (χ4v) is 4.89. The second kappa shape index (κ2) is 7.76. The molecule has 0 aliphatic rings. The van der Waals surface area contributed by atoms with Gasteiger partial charge in [0.05, 0.1) is 11.1 Å². The van der Waals surface area contributed by atoms with Crippen LogP contribution in [0.1, 0.15) is 21.8 Å². The number of aromatic nitrogens is 5. The van der Waals surface area contributed by atoms with E-state index in [1.165, 1.54) is 23.1 Å². The predicted octanol–water partition coefficient (Wildman–Crippen LogP) is 3.02. The van der Waals surface area contributed by atoms with E-state index in [2.05, 4.69) is 20.2 Å². The molecule has 0 radical (unpaired) electrons. The molecule has 2 N–H and O–H groups in total. The lowest BCUT2D eigenvalue weighted by Crippen LogP contribution is -2.19. The maximum Gasteiger partial charge on any atom is 0.343 e. The van der Waals surface area contributed by atoms with Gasteiger partial charge in [-0.1, -0.05) is 42.1 Å². The van der Waals surface area contributed by atoms with Gasteiger partial charge in [0.1, 0.15) is 10.7 Å². The Balaban J connectivity index is 1.52. The number of nitrogens with zero attached hydrogens (tertiary/aromatic N) is 3. The lowest BCUT2D eigenvalue weighted by Gasteiger charge is -2.06. The third-order valence-electron chi connectivity index (χ3n) is 4.62. The summed E-state index contributed by atoms with van der Waals surface area (Å²) >= 11 is 2.90. The maximum atomic E-state index is 12.4. The highest BCUT2D eigenvalue weighted by molar-refractivity contribution is 7.98. The number of hydrogen-bond acceptors (Lipinski definition) is 6. The Kier molecular flexibility index (Phi) is 5.19. The Morgan fingerprint density at radius 2 is 1.96 bits per heavy atom. The van der Waals surface area contributed by atoms with Crippen molar-refractivity contribution < 1.29 is 0 Å². The van der Waals surface area contributed by atoms with E-state index in [0.29, 0.717) is 28.7 Å². The monoisotopic (exact) mass is 413 g/mol. The molecule has 9 heteroatoms. The summed E-state index contributed by atoms with van der Waals surface area (Å²) in [7, 11) is 0. The molecule has 0 saturated carbocycles. The van der Waals surface area contributed by atoms with Crippen LogP contribution >= 0.6 is 23.1 Å². The Bertz CT molecular complexity index is 1240. The number of fused-ring (bicyclic) bond motifs is 1. The van der Waals surface area contributed by atoms with E-state index in [1.807, 2.05) is 44.2 Å². The minimum atomic E-state index is -0.236. The second-order valence-electron chi connectivity index (χ2n) is 6.46. The Morgan fingerprint density at radius 1 is 1.18 bits per heavy atom. The first-order chi connectivity index (χ1) is 13.5. The van der Waals surface area contributed by atoms with Crippen LogP contribution < -0.4 is 11.2 Å². The SMILES string of the molecule is Cc1sc2nc(CSc3n[nH]c(=O)n3CCc3ccccc3)[nH]c(=O)c2c1C. The number of nitrogens with one attached hydrogen (secondary N) is 2. The summed E-state index contributed by atoms with van der Waals surface area (Å²) in [5.41, 5.74) is 1.78. The van der Waals surface area contributed by atoms with Gasteiger partial charge in [-0.05, 0) is 31.4 Å². The highest BCUT2D eigenvalue weighted by atomic mass is 32.2. The number of rotatable bonds is 6. The van der Waals surface area contributed by atoms with Crippen LogP contribution in [0.3, 0.4) is 0 Å². The molecule has 0 atom stereocenters. The lowest BCUT2D eigenvalue weighted by atomic mass is 10.1. The van der Waals surface area contributed by atoms with Crippen molar-refractivity contribution >= 4 is 33.3 Å². The van der Waals surface area contributed by atoms with Gasteiger partial charge in [0.2, 0.25) is 0 Å². The van der Waals surface area contributed by atoms with Crippen molar-refractivity contribution in [2.45, 2.75) is 37.7 Å². The van der Waals surface area contributed by atoms with Gasteiger partial charge in [0.15, 0.2) is 5.16 Å². The van der Waals surface area contributed by atoms with Crippen molar-refractivity contribution in [3.05, 3.63) is 73.0 Å². The summed E-state index contributed by atoms with van der Waals surface area (Å²) in [6.07, 6.45) is 0.739. The predicted molar refractivity (Wildman–Crippen MR) is 112 cm³/mol. The van der Waals surface area contributed by atoms with Gasteiger partial charge in [0, 0.05) is 11.4 Å². The van der Waals surface area contributed by atoms with E-state index in [-0.39, 0.29) is 11.2 Å². The van der Waals surface area contributed by atoms with Crippen molar-refractivity contribution in [1.82, 2.24) is 24.7 Å². The molecule has 0 amide bonds. The van der Waals surface area contributed by atoms with E-state index < -0.39 is 0 Å². The van der Waals surface area contributed by atoms with Crippen LogP contribution in [0.15, 0.2) is 45.1 Å². The van der Waals surface area contributed by atoms with Crippen LogP contribution in [0, 0.1) is 13.8 Å². The molecule has 0 unspecified atom stereocenters. The van der Waals surface area contributed by atoms with Crippen LogP contribution in [-0.2, 0) is 18.7 Å². The van der Waals surface area contributed by atoms with Crippen molar-refractivity contribution in [1.29, 1.82) is 0 Å². The van der Waals surface area contributed by atoms with E-state index in [4.69, 9.17) is 0 Å². The van der Waals surface area contributed by atoms with E-state index in [0.717, 1.165) is 27.3 Å². The first kappa shape index (κ1) is 18.7. The molecular weight excluding hydrogens is 394 g/mol. The molecule has 0 aliphatic heterocycles. The average molecular weight is 414 g/mol. The second-order valence-corrected chi connectivity index (χ2v) is 8.61. The van der Waals surface area contributed by atoms with Crippen LogP contribution in [-0.4, -0.2) is 24.7 Å². The molecule has 4 rings (SSSR count). The van der Waals surface area contributed by atoms with Crippen LogP contribution in [0.4, 0.5) is 0 Å². The molecule has 0 aliphatic carbocycles. The van der Waals surface area contributed by atoms with Crippen molar-refractivity contribution in [2.75, 3.05) is 0 Å². The van der Waals surface area contributed by atoms with Crippen molar-refractivity contribution in [3.8, 4) is 0 Å². The summed E-state index contributed by atoms with van der Waals surface area (Å²) in [4.78, 5) is 33.8. The Labute approximate surface area is 168 Å². The molecule has 28 heavy (non-hydrogen) atoms. The van der Waals surface area contributed by atoms with Crippen LogP contribution in [0.25, 0.3) is 10.2 Å². The summed E-state index contributed by atoms with van der Waals surface area (Å²) in [5, 5.41) is 7.87. The smallest absolute Gasteiger partial charge is 0.309 e. The van der Waals surface area contributed by atoms with Gasteiger partial charge < -0.3 is 4.98 Å². The van der Waals surface area contributed by atoms with E-state index >= 15 is 0 Å². The molecule has 0 bridgehead atoms. The van der Waals surface area contributed by atoms with Gasteiger partial charge in [-0.3, -0.25) is 9.36 Å². The van der Waals surface area contributed by atoms with Crippen molar-refractivity contribution in [2.24, 2.45) is 0 Å². The molecule has 3 aromatic heterocycles. The molecule has 0 fully saturated rings.